The van der Waals surface area contributed by atoms with Gasteiger partial charge in [-0.1, -0.05) is 6.07 Å². The zero-order valence-electron chi connectivity index (χ0n) is 17.3. The van der Waals surface area contributed by atoms with Crippen LogP contribution >= 0.6 is 0 Å². The molecular weight excluding hydrogens is 402 g/mol. The highest BCUT2D eigenvalue weighted by molar-refractivity contribution is 5.64. The van der Waals surface area contributed by atoms with Crippen LogP contribution in [-0.2, 0) is 4.74 Å². The zero-order valence-corrected chi connectivity index (χ0v) is 17.3. The Morgan fingerprint density at radius 2 is 1.90 bits per heavy atom. The van der Waals surface area contributed by atoms with E-state index in [9.17, 15) is 8.78 Å². The number of piperazine rings is 1. The third kappa shape index (κ3) is 4.11. The molecule has 2 aliphatic rings. The molecule has 0 unspecified atom stereocenters. The first-order valence-electron chi connectivity index (χ1n) is 10.4. The van der Waals surface area contributed by atoms with E-state index in [0.29, 0.717) is 12.0 Å². The molecule has 2 aromatic carbocycles. The van der Waals surface area contributed by atoms with Crippen LogP contribution in [0.5, 0.6) is 0 Å². The standard InChI is InChI=1S/C22H24F2N6O.H2/c1-15-9-16(11-17(10-15)28-5-7-29(8-6-28)18-12-31-13-18)26-22-25-14-30(27-22)20-4-2-3-19(23)21(20)24;/h2-4,9-11,14,18H,5-8,12-13H2,1H3,(H,26,27);1H. The molecule has 0 amide bonds. The summed E-state index contributed by atoms with van der Waals surface area (Å²) >= 11 is 0. The lowest BCUT2D eigenvalue weighted by Gasteiger charge is -2.43. The van der Waals surface area contributed by atoms with Gasteiger partial charge < -0.3 is 15.0 Å². The Kier molecular flexibility index (Phi) is 5.29. The van der Waals surface area contributed by atoms with Crippen LogP contribution in [0.2, 0.25) is 0 Å². The number of aromatic nitrogens is 3. The van der Waals surface area contributed by atoms with Gasteiger partial charge in [0.1, 0.15) is 12.0 Å². The van der Waals surface area contributed by atoms with Gasteiger partial charge in [0.25, 0.3) is 0 Å². The minimum Gasteiger partial charge on any atom is -0.378 e. The normalized spacial score (nSPS) is 17.6. The third-order valence-electron chi connectivity index (χ3n) is 5.80. The highest BCUT2D eigenvalue weighted by atomic mass is 19.2. The van der Waals surface area contributed by atoms with Crippen LogP contribution in [0.3, 0.4) is 0 Å². The van der Waals surface area contributed by atoms with Gasteiger partial charge in [-0.3, -0.25) is 4.90 Å². The van der Waals surface area contributed by atoms with Gasteiger partial charge in [-0.15, -0.1) is 5.10 Å². The fraction of sp³-hybridized carbons (Fsp3) is 0.364. The summed E-state index contributed by atoms with van der Waals surface area (Å²) in [6.07, 6.45) is 1.36. The van der Waals surface area contributed by atoms with Gasteiger partial charge in [-0.2, -0.15) is 4.98 Å². The van der Waals surface area contributed by atoms with Crippen molar-refractivity contribution in [3.63, 3.8) is 0 Å². The summed E-state index contributed by atoms with van der Waals surface area (Å²) in [5.74, 6) is -1.56. The number of hydrogen-bond acceptors (Lipinski definition) is 6. The second-order valence-electron chi connectivity index (χ2n) is 7.98. The van der Waals surface area contributed by atoms with E-state index in [0.717, 1.165) is 62.4 Å². The smallest absolute Gasteiger partial charge is 0.246 e. The quantitative estimate of drug-likeness (QED) is 0.673. The van der Waals surface area contributed by atoms with E-state index in [1.807, 2.05) is 13.0 Å². The lowest BCUT2D eigenvalue weighted by molar-refractivity contribution is -0.0660. The van der Waals surface area contributed by atoms with Crippen molar-refractivity contribution in [2.24, 2.45) is 0 Å². The molecule has 7 nitrogen and oxygen atoms in total. The summed E-state index contributed by atoms with van der Waals surface area (Å²) < 4.78 is 34.1. The van der Waals surface area contributed by atoms with Crippen LogP contribution in [0, 0.1) is 18.6 Å². The van der Waals surface area contributed by atoms with Gasteiger partial charge in [0, 0.05) is 39.0 Å². The monoisotopic (exact) mass is 428 g/mol. The van der Waals surface area contributed by atoms with Crippen LogP contribution in [0.4, 0.5) is 26.1 Å². The molecule has 3 heterocycles. The number of rotatable bonds is 5. The molecule has 5 rings (SSSR count). The first-order chi connectivity index (χ1) is 15.1. The van der Waals surface area contributed by atoms with Crippen LogP contribution in [-0.4, -0.2) is 65.1 Å². The highest BCUT2D eigenvalue weighted by Gasteiger charge is 2.29. The number of nitrogens with zero attached hydrogens (tertiary/aromatic N) is 5. The molecule has 31 heavy (non-hydrogen) atoms. The predicted octanol–water partition coefficient (Wildman–Crippen LogP) is 3.36. The Morgan fingerprint density at radius 1 is 1.10 bits per heavy atom. The average Bonchev–Trinajstić information content (AvgIpc) is 3.17. The van der Waals surface area contributed by atoms with E-state index < -0.39 is 11.6 Å². The Labute approximate surface area is 180 Å². The number of ether oxygens (including phenoxy) is 1. The van der Waals surface area contributed by atoms with E-state index in [-0.39, 0.29) is 7.11 Å². The zero-order chi connectivity index (χ0) is 21.4. The Hall–Kier alpha value is -3.04. The molecule has 3 aromatic rings. The van der Waals surface area contributed by atoms with Crippen molar-refractivity contribution in [3.05, 3.63) is 59.9 Å². The molecule has 2 aliphatic heterocycles. The molecule has 0 radical (unpaired) electrons. The molecule has 0 spiro atoms. The Balaban J connectivity index is 0.00000245. The molecule has 2 saturated heterocycles. The van der Waals surface area contributed by atoms with Crippen LogP contribution in [0.25, 0.3) is 5.69 Å². The molecule has 0 saturated carbocycles. The highest BCUT2D eigenvalue weighted by Crippen LogP contribution is 2.26. The van der Waals surface area contributed by atoms with Crippen molar-refractivity contribution < 1.29 is 14.9 Å². The van der Waals surface area contributed by atoms with E-state index >= 15 is 0 Å². The summed E-state index contributed by atoms with van der Waals surface area (Å²) in [6.45, 7) is 7.71. The Morgan fingerprint density at radius 3 is 2.65 bits per heavy atom. The molecule has 1 N–H and O–H groups in total. The lowest BCUT2D eigenvalue weighted by atomic mass is 10.1. The first-order valence-corrected chi connectivity index (χ1v) is 10.4. The second-order valence-corrected chi connectivity index (χ2v) is 7.98. The summed E-state index contributed by atoms with van der Waals surface area (Å²) in [4.78, 5) is 9.07. The maximum atomic E-state index is 14.0. The summed E-state index contributed by atoms with van der Waals surface area (Å²) in [7, 11) is 0. The van der Waals surface area contributed by atoms with Crippen LogP contribution in [0.1, 0.15) is 6.99 Å². The largest absolute Gasteiger partial charge is 0.378 e. The average molecular weight is 428 g/mol. The Bertz CT molecular complexity index is 1080. The minimum absolute atomic E-state index is 0. The molecule has 164 valence electrons. The van der Waals surface area contributed by atoms with Gasteiger partial charge in [-0.05, 0) is 42.8 Å². The van der Waals surface area contributed by atoms with Crippen molar-refractivity contribution in [2.75, 3.05) is 49.6 Å². The summed E-state index contributed by atoms with van der Waals surface area (Å²) in [6, 6.07) is 10.8. The summed E-state index contributed by atoms with van der Waals surface area (Å²) in [5.41, 5.74) is 3.12. The van der Waals surface area contributed by atoms with Gasteiger partial charge in [0.15, 0.2) is 11.6 Å². The molecular formula is C22H26F2N6O. The lowest BCUT2D eigenvalue weighted by Crippen LogP contribution is -2.56. The number of anilines is 3. The van der Waals surface area contributed by atoms with Crippen LogP contribution < -0.4 is 10.2 Å². The van der Waals surface area contributed by atoms with Crippen molar-refractivity contribution in [1.82, 2.24) is 19.7 Å². The van der Waals surface area contributed by atoms with Gasteiger partial charge >= 0.3 is 0 Å². The molecule has 0 aliphatic carbocycles. The number of halogens is 2. The number of aryl methyl sites for hydroxylation is 1. The fourth-order valence-corrected chi connectivity index (χ4v) is 4.03. The molecule has 1 aromatic heterocycles. The van der Waals surface area contributed by atoms with E-state index in [2.05, 4.69) is 37.3 Å². The predicted molar refractivity (Wildman–Crippen MR) is 116 cm³/mol. The number of hydrogen-bond donors (Lipinski definition) is 1. The van der Waals surface area contributed by atoms with E-state index in [4.69, 9.17) is 4.74 Å². The SMILES string of the molecule is Cc1cc(Nc2ncn(-c3cccc(F)c3F)n2)cc(N2CCN(C3COC3)CC2)c1.[HH]. The molecule has 9 heteroatoms. The molecule has 0 bridgehead atoms. The maximum absolute atomic E-state index is 14.0. The van der Waals surface area contributed by atoms with E-state index in [1.54, 1.807) is 0 Å². The van der Waals surface area contributed by atoms with Gasteiger partial charge in [0.2, 0.25) is 5.95 Å². The second kappa shape index (κ2) is 8.24. The topological polar surface area (TPSA) is 58.5 Å². The van der Waals surface area contributed by atoms with Gasteiger partial charge in [-0.25, -0.2) is 13.5 Å². The molecule has 2 fully saturated rings. The number of nitrogens with one attached hydrogen (secondary N) is 1. The van der Waals surface area contributed by atoms with Crippen molar-refractivity contribution in [2.45, 2.75) is 13.0 Å². The minimum atomic E-state index is -0.954. The third-order valence-corrected chi connectivity index (χ3v) is 5.80. The van der Waals surface area contributed by atoms with Crippen LogP contribution in [0.15, 0.2) is 42.7 Å². The van der Waals surface area contributed by atoms with Crippen molar-refractivity contribution >= 4 is 17.3 Å². The van der Waals surface area contributed by atoms with E-state index in [1.165, 1.54) is 23.1 Å². The first kappa shape index (κ1) is 19.9. The van der Waals surface area contributed by atoms with Crippen molar-refractivity contribution in [1.29, 1.82) is 0 Å². The molecule has 0 atom stereocenters. The maximum Gasteiger partial charge on any atom is 0.246 e. The summed E-state index contributed by atoms with van der Waals surface area (Å²) in [5, 5.41) is 7.43. The van der Waals surface area contributed by atoms with Gasteiger partial charge in [0.05, 0.1) is 19.3 Å². The fourth-order valence-electron chi connectivity index (χ4n) is 4.03. The number of benzene rings is 2. The van der Waals surface area contributed by atoms with Crippen molar-refractivity contribution in [3.8, 4) is 5.69 Å².